The van der Waals surface area contributed by atoms with Gasteiger partial charge in [-0.3, -0.25) is 0 Å². The van der Waals surface area contributed by atoms with E-state index in [1.165, 1.54) is 21.2 Å². The van der Waals surface area contributed by atoms with Gasteiger partial charge >= 0.3 is 5.97 Å². The number of rotatable bonds is 6. The van der Waals surface area contributed by atoms with Crippen LogP contribution in [-0.2, 0) is 9.47 Å². The Hall–Kier alpha value is -3.03. The predicted octanol–water partition coefficient (Wildman–Crippen LogP) is 5.04. The van der Waals surface area contributed by atoms with Crippen molar-refractivity contribution in [3.05, 3.63) is 59.2 Å². The minimum atomic E-state index is -0.390. The first-order chi connectivity index (χ1) is 14.1. The lowest BCUT2D eigenvalue weighted by Crippen LogP contribution is -2.09. The second kappa shape index (κ2) is 8.14. The Morgan fingerprint density at radius 3 is 2.55 bits per heavy atom. The van der Waals surface area contributed by atoms with Crippen molar-refractivity contribution in [1.29, 1.82) is 0 Å². The zero-order valence-corrected chi connectivity index (χ0v) is 17.2. The number of ether oxygens (including phenoxy) is 2. The molecule has 0 aliphatic carbocycles. The smallest absolute Gasteiger partial charge is 0.338 e. The highest BCUT2D eigenvalue weighted by Crippen LogP contribution is 2.36. The van der Waals surface area contributed by atoms with Gasteiger partial charge in [-0.05, 0) is 48.6 Å². The average Bonchev–Trinajstić information content (AvgIpc) is 3.39. The van der Waals surface area contributed by atoms with Gasteiger partial charge in [-0.15, -0.1) is 11.3 Å². The molecule has 0 fully saturated rings. The van der Waals surface area contributed by atoms with E-state index in [9.17, 15) is 4.79 Å². The molecule has 0 N–H and O–H groups in total. The molecular formula is C22H20N2O4S. The number of thiophene rings is 1. The van der Waals surface area contributed by atoms with E-state index in [1.54, 1.807) is 42.7 Å². The van der Waals surface area contributed by atoms with E-state index >= 15 is 0 Å². The number of aryl methyl sites for hydroxylation is 2. The van der Waals surface area contributed by atoms with Crippen LogP contribution in [-0.4, -0.2) is 36.4 Å². The molecule has 0 unspecified atom stereocenters. The number of esters is 1. The molecule has 0 bridgehead atoms. The molecule has 0 aliphatic rings. The molecule has 29 heavy (non-hydrogen) atoms. The molecule has 2 heterocycles. The number of aromatic nitrogens is 2. The highest BCUT2D eigenvalue weighted by atomic mass is 32.1. The summed E-state index contributed by atoms with van der Waals surface area (Å²) in [7, 11) is 1.56. The van der Waals surface area contributed by atoms with Gasteiger partial charge in [0.25, 0.3) is 5.89 Å². The normalized spacial score (nSPS) is 11.1. The third-order valence-electron chi connectivity index (χ3n) is 4.63. The minimum absolute atomic E-state index is 0.222. The molecule has 0 radical (unpaired) electrons. The third-order valence-corrected chi connectivity index (χ3v) is 5.89. The number of benzene rings is 2. The summed E-state index contributed by atoms with van der Waals surface area (Å²) in [4.78, 5) is 17.5. The lowest BCUT2D eigenvalue weighted by Gasteiger charge is -2.04. The van der Waals surface area contributed by atoms with Crippen molar-refractivity contribution >= 4 is 27.4 Å². The van der Waals surface area contributed by atoms with Gasteiger partial charge in [0.05, 0.1) is 17.0 Å². The summed E-state index contributed by atoms with van der Waals surface area (Å²) in [6.07, 6.45) is 0. The molecule has 2 aromatic heterocycles. The Morgan fingerprint density at radius 2 is 1.83 bits per heavy atom. The molecule has 0 amide bonds. The van der Waals surface area contributed by atoms with Crippen molar-refractivity contribution in [2.75, 3.05) is 20.3 Å². The Kier molecular flexibility index (Phi) is 5.42. The van der Waals surface area contributed by atoms with Gasteiger partial charge in [0.2, 0.25) is 5.82 Å². The van der Waals surface area contributed by atoms with Crippen LogP contribution in [0, 0.1) is 13.8 Å². The number of carbonyl (C=O) groups excluding carboxylic acids is 1. The first kappa shape index (κ1) is 19.3. The van der Waals surface area contributed by atoms with E-state index in [0.717, 1.165) is 10.4 Å². The van der Waals surface area contributed by atoms with Gasteiger partial charge in [0.1, 0.15) is 6.61 Å². The second-order valence-electron chi connectivity index (χ2n) is 6.68. The second-order valence-corrected chi connectivity index (χ2v) is 7.73. The van der Waals surface area contributed by atoms with Gasteiger partial charge in [-0.1, -0.05) is 29.4 Å². The number of nitrogens with zero attached hydrogens (tertiary/aromatic N) is 2. The molecule has 0 spiro atoms. The summed E-state index contributed by atoms with van der Waals surface area (Å²) in [5.74, 6) is 0.576. The van der Waals surface area contributed by atoms with Crippen LogP contribution < -0.4 is 0 Å². The molecular weight excluding hydrogens is 388 g/mol. The van der Waals surface area contributed by atoms with Crippen LogP contribution in [0.3, 0.4) is 0 Å². The van der Waals surface area contributed by atoms with Crippen LogP contribution >= 0.6 is 11.3 Å². The Labute approximate surface area is 172 Å². The average molecular weight is 408 g/mol. The number of carbonyl (C=O) groups is 1. The van der Waals surface area contributed by atoms with Gasteiger partial charge in [0, 0.05) is 17.4 Å². The van der Waals surface area contributed by atoms with Gasteiger partial charge in [0.15, 0.2) is 0 Å². The van der Waals surface area contributed by atoms with E-state index < -0.39 is 5.97 Å². The molecule has 4 aromatic rings. The quantitative estimate of drug-likeness (QED) is 0.329. The standard InChI is InChI=1S/C22H20N2O4S/c1-13-4-5-14(2)19-17(13)12-18(29-19)21-23-20(24-28-21)15-6-8-16(9-7-15)22(25)27-11-10-26-3/h4-9,12H,10-11H2,1-3H3. The SMILES string of the molecule is COCCOC(=O)c1ccc(-c2noc(-c3cc4c(C)ccc(C)c4s3)n2)cc1. The van der Waals surface area contributed by atoms with Crippen LogP contribution in [0.25, 0.3) is 32.2 Å². The Bertz CT molecular complexity index is 1120. The topological polar surface area (TPSA) is 74.5 Å². The lowest BCUT2D eigenvalue weighted by atomic mass is 10.1. The summed E-state index contributed by atoms with van der Waals surface area (Å²) in [6.45, 7) is 4.79. The van der Waals surface area contributed by atoms with Crippen LogP contribution in [0.1, 0.15) is 21.5 Å². The third kappa shape index (κ3) is 3.92. The van der Waals surface area contributed by atoms with E-state index in [-0.39, 0.29) is 6.61 Å². The number of hydrogen-bond donors (Lipinski definition) is 0. The maximum absolute atomic E-state index is 12.0. The molecule has 0 saturated heterocycles. The summed E-state index contributed by atoms with van der Waals surface area (Å²) < 4.78 is 16.7. The number of methoxy groups -OCH3 is 1. The minimum Gasteiger partial charge on any atom is -0.460 e. The van der Waals surface area contributed by atoms with E-state index in [4.69, 9.17) is 14.0 Å². The van der Waals surface area contributed by atoms with Crippen LogP contribution in [0.4, 0.5) is 0 Å². The van der Waals surface area contributed by atoms with Crippen molar-refractivity contribution in [3.63, 3.8) is 0 Å². The fourth-order valence-corrected chi connectivity index (χ4v) is 4.12. The van der Waals surface area contributed by atoms with E-state index in [2.05, 4.69) is 42.2 Å². The fourth-order valence-electron chi connectivity index (χ4n) is 2.99. The maximum atomic E-state index is 12.0. The van der Waals surface area contributed by atoms with Crippen molar-refractivity contribution in [2.24, 2.45) is 0 Å². The predicted molar refractivity (Wildman–Crippen MR) is 112 cm³/mol. The van der Waals surface area contributed by atoms with Crippen molar-refractivity contribution in [1.82, 2.24) is 10.1 Å². The van der Waals surface area contributed by atoms with Crippen molar-refractivity contribution < 1.29 is 18.8 Å². The first-order valence-corrected chi connectivity index (χ1v) is 9.99. The molecule has 2 aromatic carbocycles. The Morgan fingerprint density at radius 1 is 1.07 bits per heavy atom. The molecule has 0 atom stereocenters. The summed E-state index contributed by atoms with van der Waals surface area (Å²) >= 11 is 1.65. The summed E-state index contributed by atoms with van der Waals surface area (Å²) in [6, 6.07) is 13.3. The molecule has 0 saturated carbocycles. The first-order valence-electron chi connectivity index (χ1n) is 9.17. The molecule has 0 aliphatic heterocycles. The molecule has 7 heteroatoms. The largest absolute Gasteiger partial charge is 0.460 e. The molecule has 148 valence electrons. The van der Waals surface area contributed by atoms with Gasteiger partial charge in [-0.2, -0.15) is 4.98 Å². The summed E-state index contributed by atoms with van der Waals surface area (Å²) in [5, 5.41) is 5.31. The Balaban J connectivity index is 1.56. The summed E-state index contributed by atoms with van der Waals surface area (Å²) in [5.41, 5.74) is 3.68. The van der Waals surface area contributed by atoms with E-state index in [1.807, 2.05) is 0 Å². The molecule has 6 nitrogen and oxygen atoms in total. The van der Waals surface area contributed by atoms with Crippen molar-refractivity contribution in [2.45, 2.75) is 13.8 Å². The highest BCUT2D eigenvalue weighted by molar-refractivity contribution is 7.22. The number of hydrogen-bond acceptors (Lipinski definition) is 7. The monoisotopic (exact) mass is 408 g/mol. The zero-order chi connectivity index (χ0) is 20.4. The molecule has 4 rings (SSSR count). The van der Waals surface area contributed by atoms with Crippen LogP contribution in [0.15, 0.2) is 47.0 Å². The van der Waals surface area contributed by atoms with Gasteiger partial charge in [-0.25, -0.2) is 4.79 Å². The fraction of sp³-hybridized carbons (Fsp3) is 0.227. The van der Waals surface area contributed by atoms with Crippen LogP contribution in [0.2, 0.25) is 0 Å². The zero-order valence-electron chi connectivity index (χ0n) is 16.4. The van der Waals surface area contributed by atoms with E-state index in [0.29, 0.717) is 23.9 Å². The lowest BCUT2D eigenvalue weighted by molar-refractivity contribution is 0.0388. The highest BCUT2D eigenvalue weighted by Gasteiger charge is 2.16. The van der Waals surface area contributed by atoms with Crippen molar-refractivity contribution in [3.8, 4) is 22.2 Å². The van der Waals surface area contributed by atoms with Crippen LogP contribution in [0.5, 0.6) is 0 Å². The maximum Gasteiger partial charge on any atom is 0.338 e. The van der Waals surface area contributed by atoms with Gasteiger partial charge < -0.3 is 14.0 Å². The number of fused-ring (bicyclic) bond motifs is 1.